The van der Waals surface area contributed by atoms with E-state index in [2.05, 4.69) is 10.4 Å². The Morgan fingerprint density at radius 2 is 1.76 bits per heavy atom. The number of aryl methyl sites for hydroxylation is 1. The number of halogens is 4. The lowest BCUT2D eigenvalue weighted by molar-refractivity contribution is -0.141. The van der Waals surface area contributed by atoms with Gasteiger partial charge in [-0.2, -0.15) is 18.3 Å². The van der Waals surface area contributed by atoms with Crippen LogP contribution in [0.4, 0.5) is 18.9 Å². The van der Waals surface area contributed by atoms with Crippen molar-refractivity contribution < 1.29 is 31.1 Å². The van der Waals surface area contributed by atoms with Gasteiger partial charge >= 0.3 is 6.18 Å². The van der Waals surface area contributed by atoms with Crippen LogP contribution in [-0.4, -0.2) is 31.2 Å². The number of carbonyl (C=O) groups excluding carboxylic acids is 1. The quantitative estimate of drug-likeness (QED) is 0.518. The molecule has 1 amide bonds. The van der Waals surface area contributed by atoms with Crippen molar-refractivity contribution in [1.82, 2.24) is 9.78 Å². The number of amides is 1. The first-order chi connectivity index (χ1) is 15.3. The van der Waals surface area contributed by atoms with E-state index in [1.807, 2.05) is 0 Å². The number of anilines is 1. The van der Waals surface area contributed by atoms with Gasteiger partial charge in [0.05, 0.1) is 16.9 Å². The lowest BCUT2D eigenvalue weighted by atomic mass is 10.2. The van der Waals surface area contributed by atoms with Crippen molar-refractivity contribution in [1.29, 1.82) is 0 Å². The molecule has 0 radical (unpaired) electrons. The molecule has 0 bridgehead atoms. The Balaban J connectivity index is 1.92. The first kappa shape index (κ1) is 24.6. The summed E-state index contributed by atoms with van der Waals surface area (Å²) in [6.45, 7) is 2.77. The number of ether oxygens (including phenoxy) is 1. The molecule has 0 saturated heterocycles. The van der Waals surface area contributed by atoms with Gasteiger partial charge in [0.25, 0.3) is 0 Å². The van der Waals surface area contributed by atoms with Gasteiger partial charge in [0, 0.05) is 22.5 Å². The van der Waals surface area contributed by atoms with Crippen LogP contribution in [0.2, 0.25) is 5.02 Å². The summed E-state index contributed by atoms with van der Waals surface area (Å²) in [7, 11) is -2.64. The zero-order valence-electron chi connectivity index (χ0n) is 17.6. The van der Waals surface area contributed by atoms with E-state index in [0.717, 1.165) is 10.7 Å². The Bertz CT molecular complexity index is 1290. The van der Waals surface area contributed by atoms with Gasteiger partial charge in [-0.1, -0.05) is 11.6 Å². The van der Waals surface area contributed by atoms with E-state index in [0.29, 0.717) is 5.02 Å². The summed E-state index contributed by atoms with van der Waals surface area (Å²) in [4.78, 5) is 12.6. The van der Waals surface area contributed by atoms with Crippen LogP contribution in [0.5, 0.6) is 5.75 Å². The second-order valence-electron chi connectivity index (χ2n) is 7.13. The van der Waals surface area contributed by atoms with Crippen LogP contribution in [0.1, 0.15) is 24.4 Å². The van der Waals surface area contributed by atoms with Gasteiger partial charge in [0.1, 0.15) is 11.8 Å². The van der Waals surface area contributed by atoms with Crippen molar-refractivity contribution in [3.63, 3.8) is 0 Å². The molecule has 3 rings (SSSR count). The fourth-order valence-electron chi connectivity index (χ4n) is 3.04. The van der Waals surface area contributed by atoms with Crippen molar-refractivity contribution in [2.45, 2.75) is 35.9 Å². The second kappa shape index (κ2) is 9.06. The normalized spacial score (nSPS) is 12.9. The molecule has 0 saturated carbocycles. The largest absolute Gasteiger partial charge is 0.497 e. The number of nitrogens with zero attached hydrogens (tertiary/aromatic N) is 2. The molecule has 1 unspecified atom stereocenters. The summed E-state index contributed by atoms with van der Waals surface area (Å²) in [6, 6.07) is 9.19. The topological polar surface area (TPSA) is 90.3 Å². The molecule has 0 spiro atoms. The Hall–Kier alpha value is -3.05. The molecule has 7 nitrogen and oxygen atoms in total. The number of nitrogens with one attached hydrogen (secondary N) is 1. The van der Waals surface area contributed by atoms with Crippen LogP contribution in [-0.2, 0) is 20.8 Å². The summed E-state index contributed by atoms with van der Waals surface area (Å²) in [5, 5.41) is 6.36. The van der Waals surface area contributed by atoms with E-state index in [-0.39, 0.29) is 26.9 Å². The predicted octanol–water partition coefficient (Wildman–Crippen LogP) is 4.90. The number of hydrogen-bond donors (Lipinski definition) is 1. The third-order valence-electron chi connectivity index (χ3n) is 4.78. The van der Waals surface area contributed by atoms with E-state index in [1.54, 1.807) is 0 Å². The first-order valence-electron chi connectivity index (χ1n) is 9.47. The first-order valence-corrected chi connectivity index (χ1v) is 11.3. The number of methoxy groups -OCH3 is 1. The molecule has 0 aliphatic heterocycles. The lowest BCUT2D eigenvalue weighted by Gasteiger charge is -2.16. The fraction of sp³-hybridized carbons (Fsp3) is 0.238. The molecular weight excluding hydrogens is 483 g/mol. The van der Waals surface area contributed by atoms with E-state index in [1.165, 1.54) is 63.4 Å². The number of aromatic nitrogens is 2. The van der Waals surface area contributed by atoms with Gasteiger partial charge in [-0.3, -0.25) is 9.48 Å². The molecule has 33 heavy (non-hydrogen) atoms. The summed E-state index contributed by atoms with van der Waals surface area (Å²) in [5.74, 6) is -0.541. The maximum atomic E-state index is 13.0. The predicted molar refractivity (Wildman–Crippen MR) is 115 cm³/mol. The molecule has 12 heteroatoms. The van der Waals surface area contributed by atoms with Gasteiger partial charge < -0.3 is 10.1 Å². The monoisotopic (exact) mass is 501 g/mol. The molecule has 0 aliphatic carbocycles. The highest BCUT2D eigenvalue weighted by Crippen LogP contribution is 2.31. The summed E-state index contributed by atoms with van der Waals surface area (Å²) >= 11 is 5.82. The molecule has 1 aromatic heterocycles. The number of rotatable bonds is 6. The summed E-state index contributed by atoms with van der Waals surface area (Å²) < 4.78 is 71.0. The van der Waals surface area contributed by atoms with Gasteiger partial charge in [-0.25, -0.2) is 8.42 Å². The smallest absolute Gasteiger partial charge is 0.435 e. The molecule has 1 heterocycles. The summed E-state index contributed by atoms with van der Waals surface area (Å²) in [6.07, 6.45) is -4.65. The Morgan fingerprint density at radius 1 is 1.12 bits per heavy atom. The number of carbonyl (C=O) groups is 1. The third-order valence-corrected chi connectivity index (χ3v) is 6.78. The zero-order valence-corrected chi connectivity index (χ0v) is 19.2. The van der Waals surface area contributed by atoms with E-state index in [9.17, 15) is 26.4 Å². The van der Waals surface area contributed by atoms with E-state index < -0.39 is 33.7 Å². The van der Waals surface area contributed by atoms with Crippen molar-refractivity contribution in [3.05, 3.63) is 64.9 Å². The Kier molecular flexibility index (Phi) is 6.75. The highest BCUT2D eigenvalue weighted by atomic mass is 35.5. The Morgan fingerprint density at radius 3 is 2.30 bits per heavy atom. The molecule has 2 aromatic carbocycles. The SMILES string of the molecule is COc1cc(NC(=O)C(C)n2nc(C(F)(F)F)cc2C)cc(S(=O)(=O)c2ccc(Cl)cc2)c1. The van der Waals surface area contributed by atoms with Gasteiger partial charge in [0.2, 0.25) is 15.7 Å². The van der Waals surface area contributed by atoms with Crippen molar-refractivity contribution in [3.8, 4) is 5.75 Å². The van der Waals surface area contributed by atoms with E-state index in [4.69, 9.17) is 16.3 Å². The molecule has 0 fully saturated rings. The lowest BCUT2D eigenvalue weighted by Crippen LogP contribution is -2.25. The van der Waals surface area contributed by atoms with Crippen molar-refractivity contribution in [2.75, 3.05) is 12.4 Å². The van der Waals surface area contributed by atoms with Crippen LogP contribution in [0.25, 0.3) is 0 Å². The second-order valence-corrected chi connectivity index (χ2v) is 9.52. The van der Waals surface area contributed by atoms with Crippen LogP contribution in [0.3, 0.4) is 0 Å². The standard InChI is InChI=1S/C21H19ClF3N3O4S/c1-12-8-19(21(23,24)25)27-28(12)13(2)20(29)26-15-9-16(32-3)11-18(10-15)33(30,31)17-6-4-14(22)5-7-17/h4-11,13H,1-3H3,(H,26,29). The molecule has 3 aromatic rings. The van der Waals surface area contributed by atoms with Crippen LogP contribution < -0.4 is 10.1 Å². The molecule has 1 N–H and O–H groups in total. The molecule has 1 atom stereocenters. The fourth-order valence-corrected chi connectivity index (χ4v) is 4.49. The minimum Gasteiger partial charge on any atom is -0.497 e. The third kappa shape index (κ3) is 5.31. The van der Waals surface area contributed by atoms with Gasteiger partial charge in [0.15, 0.2) is 5.69 Å². The van der Waals surface area contributed by atoms with Gasteiger partial charge in [-0.15, -0.1) is 0 Å². The maximum absolute atomic E-state index is 13.0. The summed E-state index contributed by atoms with van der Waals surface area (Å²) in [5.41, 5.74) is -0.890. The molecular formula is C21H19ClF3N3O4S. The minimum atomic E-state index is -4.65. The number of alkyl halides is 3. The van der Waals surface area contributed by atoms with Crippen LogP contribution >= 0.6 is 11.6 Å². The highest BCUT2D eigenvalue weighted by Gasteiger charge is 2.35. The average molecular weight is 502 g/mol. The number of benzene rings is 2. The zero-order chi connectivity index (χ0) is 24.6. The van der Waals surface area contributed by atoms with Crippen LogP contribution in [0.15, 0.2) is 58.3 Å². The van der Waals surface area contributed by atoms with Crippen molar-refractivity contribution in [2.24, 2.45) is 0 Å². The number of sulfone groups is 1. The average Bonchev–Trinajstić information content (AvgIpc) is 3.15. The van der Waals surface area contributed by atoms with Gasteiger partial charge in [-0.05, 0) is 56.3 Å². The molecule has 176 valence electrons. The van der Waals surface area contributed by atoms with Crippen molar-refractivity contribution >= 4 is 33.0 Å². The molecule has 0 aliphatic rings. The maximum Gasteiger partial charge on any atom is 0.435 e. The minimum absolute atomic E-state index is 0.0161. The Labute approximate surface area is 193 Å². The van der Waals surface area contributed by atoms with E-state index >= 15 is 0 Å². The number of hydrogen-bond acceptors (Lipinski definition) is 5. The highest BCUT2D eigenvalue weighted by molar-refractivity contribution is 7.91. The van der Waals surface area contributed by atoms with Crippen LogP contribution in [0, 0.1) is 6.92 Å².